The van der Waals surface area contributed by atoms with Crippen LogP contribution in [0.5, 0.6) is 5.75 Å². The molecule has 17 heavy (non-hydrogen) atoms. The van der Waals surface area contributed by atoms with Crippen LogP contribution in [0.4, 0.5) is 5.69 Å². The lowest BCUT2D eigenvalue weighted by Crippen LogP contribution is -2.13. The van der Waals surface area contributed by atoms with E-state index < -0.39 is 0 Å². The first kappa shape index (κ1) is 13.8. The number of nitrogen functional groups attached to an aromatic ring is 1. The number of ether oxygens (including phenoxy) is 3. The van der Waals surface area contributed by atoms with Gasteiger partial charge >= 0.3 is 0 Å². The molecule has 0 aromatic heterocycles. The van der Waals surface area contributed by atoms with Crippen LogP contribution in [0.25, 0.3) is 0 Å². The summed E-state index contributed by atoms with van der Waals surface area (Å²) < 4.78 is 16.2. The Labute approximate surface area is 103 Å². The van der Waals surface area contributed by atoms with Gasteiger partial charge in [-0.05, 0) is 26.0 Å². The lowest BCUT2D eigenvalue weighted by Gasteiger charge is -2.09. The van der Waals surface area contributed by atoms with Gasteiger partial charge in [0.15, 0.2) is 0 Å². The van der Waals surface area contributed by atoms with E-state index in [9.17, 15) is 0 Å². The minimum atomic E-state index is 0.252. The summed E-state index contributed by atoms with van der Waals surface area (Å²) in [5.41, 5.74) is 6.33. The average molecular weight is 239 g/mol. The fourth-order valence-electron chi connectivity index (χ4n) is 1.27. The van der Waals surface area contributed by atoms with Crippen LogP contribution < -0.4 is 10.5 Å². The summed E-state index contributed by atoms with van der Waals surface area (Å²) in [5, 5.41) is 0. The molecule has 0 aliphatic carbocycles. The Balaban J connectivity index is 2.01. The molecule has 0 saturated heterocycles. The molecule has 0 spiro atoms. The molecule has 1 rings (SSSR count). The van der Waals surface area contributed by atoms with Crippen molar-refractivity contribution in [2.24, 2.45) is 0 Å². The van der Waals surface area contributed by atoms with Crippen LogP contribution in [-0.2, 0) is 9.47 Å². The van der Waals surface area contributed by atoms with E-state index in [2.05, 4.69) is 0 Å². The highest BCUT2D eigenvalue weighted by molar-refractivity contribution is 5.43. The third kappa shape index (κ3) is 6.81. The van der Waals surface area contributed by atoms with E-state index >= 15 is 0 Å². The summed E-state index contributed by atoms with van der Waals surface area (Å²) in [6, 6.07) is 7.36. The van der Waals surface area contributed by atoms with Crippen LogP contribution >= 0.6 is 0 Å². The first-order valence-electron chi connectivity index (χ1n) is 5.86. The number of nitrogens with two attached hydrogens (primary N) is 1. The van der Waals surface area contributed by atoms with Gasteiger partial charge in [-0.15, -0.1) is 0 Å². The van der Waals surface area contributed by atoms with Crippen molar-refractivity contribution in [2.75, 3.05) is 32.2 Å². The second-order valence-corrected chi connectivity index (χ2v) is 3.95. The molecule has 0 saturated carbocycles. The normalized spacial score (nSPS) is 10.8. The molecule has 1 aromatic rings. The number of hydrogen-bond acceptors (Lipinski definition) is 4. The summed E-state index contributed by atoms with van der Waals surface area (Å²) in [5.74, 6) is 0.770. The van der Waals surface area contributed by atoms with Crippen LogP contribution in [0.2, 0.25) is 0 Å². The van der Waals surface area contributed by atoms with Crippen molar-refractivity contribution in [2.45, 2.75) is 20.0 Å². The standard InChI is InChI=1S/C13H21NO3/c1-11(2)16-8-6-15-7-9-17-13-5-3-4-12(14)10-13/h3-5,10-11H,6-9,14H2,1-2H3. The van der Waals surface area contributed by atoms with Gasteiger partial charge < -0.3 is 19.9 Å². The molecule has 0 aliphatic heterocycles. The molecule has 0 atom stereocenters. The Bertz CT molecular complexity index is 315. The summed E-state index contributed by atoms with van der Waals surface area (Å²) in [6.07, 6.45) is 0.252. The first-order valence-corrected chi connectivity index (χ1v) is 5.86. The van der Waals surface area contributed by atoms with Gasteiger partial charge in [-0.1, -0.05) is 6.07 Å². The maximum Gasteiger partial charge on any atom is 0.121 e. The van der Waals surface area contributed by atoms with Gasteiger partial charge in [-0.25, -0.2) is 0 Å². The van der Waals surface area contributed by atoms with E-state index in [0.29, 0.717) is 32.1 Å². The van der Waals surface area contributed by atoms with E-state index in [0.717, 1.165) is 5.75 Å². The minimum absolute atomic E-state index is 0.252. The van der Waals surface area contributed by atoms with E-state index in [1.807, 2.05) is 32.0 Å². The van der Waals surface area contributed by atoms with Gasteiger partial charge in [0, 0.05) is 11.8 Å². The van der Waals surface area contributed by atoms with Crippen molar-refractivity contribution in [1.29, 1.82) is 0 Å². The van der Waals surface area contributed by atoms with Crippen LogP contribution in [0, 0.1) is 0 Å². The van der Waals surface area contributed by atoms with Gasteiger partial charge in [-0.2, -0.15) is 0 Å². The zero-order chi connectivity index (χ0) is 12.5. The molecule has 1 aromatic carbocycles. The summed E-state index contributed by atoms with van der Waals surface area (Å²) in [4.78, 5) is 0. The van der Waals surface area contributed by atoms with Crippen molar-refractivity contribution >= 4 is 5.69 Å². The molecule has 0 amide bonds. The van der Waals surface area contributed by atoms with Crippen LogP contribution in [0.3, 0.4) is 0 Å². The molecule has 0 aliphatic rings. The zero-order valence-corrected chi connectivity index (χ0v) is 10.5. The lowest BCUT2D eigenvalue weighted by molar-refractivity contribution is 0.0125. The Morgan fingerprint density at radius 2 is 1.88 bits per heavy atom. The first-order chi connectivity index (χ1) is 8.18. The van der Waals surface area contributed by atoms with Gasteiger partial charge in [0.2, 0.25) is 0 Å². The van der Waals surface area contributed by atoms with Gasteiger partial charge in [-0.3, -0.25) is 0 Å². The number of hydrogen-bond donors (Lipinski definition) is 1. The summed E-state index contributed by atoms with van der Waals surface area (Å²) >= 11 is 0. The number of rotatable bonds is 8. The predicted octanol–water partition coefficient (Wildman–Crippen LogP) is 2.09. The molecule has 2 N–H and O–H groups in total. The fraction of sp³-hybridized carbons (Fsp3) is 0.538. The Morgan fingerprint density at radius 3 is 2.59 bits per heavy atom. The molecule has 0 bridgehead atoms. The average Bonchev–Trinajstić information content (AvgIpc) is 2.27. The van der Waals surface area contributed by atoms with Gasteiger partial charge in [0.25, 0.3) is 0 Å². The topological polar surface area (TPSA) is 53.7 Å². The van der Waals surface area contributed by atoms with E-state index in [-0.39, 0.29) is 6.10 Å². The number of benzene rings is 1. The Hall–Kier alpha value is -1.26. The largest absolute Gasteiger partial charge is 0.491 e. The monoisotopic (exact) mass is 239 g/mol. The summed E-state index contributed by atoms with van der Waals surface area (Å²) in [7, 11) is 0. The highest BCUT2D eigenvalue weighted by Crippen LogP contribution is 2.13. The van der Waals surface area contributed by atoms with Crippen LogP contribution in [0.1, 0.15) is 13.8 Å². The lowest BCUT2D eigenvalue weighted by atomic mass is 10.3. The van der Waals surface area contributed by atoms with Crippen LogP contribution in [0.15, 0.2) is 24.3 Å². The second-order valence-electron chi connectivity index (χ2n) is 3.95. The van der Waals surface area contributed by atoms with E-state index in [1.54, 1.807) is 6.07 Å². The predicted molar refractivity (Wildman–Crippen MR) is 68.3 cm³/mol. The maximum absolute atomic E-state index is 5.63. The molecule has 0 heterocycles. The SMILES string of the molecule is CC(C)OCCOCCOc1cccc(N)c1. The number of anilines is 1. The second kappa shape index (κ2) is 7.92. The third-order valence-electron chi connectivity index (χ3n) is 2.03. The molecule has 4 heteroatoms. The third-order valence-corrected chi connectivity index (χ3v) is 2.03. The molecule has 0 fully saturated rings. The van der Waals surface area contributed by atoms with E-state index in [4.69, 9.17) is 19.9 Å². The molecular formula is C13H21NO3. The quantitative estimate of drug-likeness (QED) is 0.557. The van der Waals surface area contributed by atoms with Crippen molar-refractivity contribution in [3.05, 3.63) is 24.3 Å². The fourth-order valence-corrected chi connectivity index (χ4v) is 1.27. The minimum Gasteiger partial charge on any atom is -0.491 e. The van der Waals surface area contributed by atoms with Crippen molar-refractivity contribution < 1.29 is 14.2 Å². The van der Waals surface area contributed by atoms with Crippen LogP contribution in [-0.4, -0.2) is 32.5 Å². The molecule has 96 valence electrons. The summed E-state index contributed by atoms with van der Waals surface area (Å²) in [6.45, 7) is 6.29. The van der Waals surface area contributed by atoms with E-state index in [1.165, 1.54) is 0 Å². The molecule has 0 unspecified atom stereocenters. The Morgan fingerprint density at radius 1 is 1.12 bits per heavy atom. The highest BCUT2D eigenvalue weighted by Gasteiger charge is 1.95. The molecule has 0 radical (unpaired) electrons. The maximum atomic E-state index is 5.63. The zero-order valence-electron chi connectivity index (χ0n) is 10.5. The Kier molecular flexibility index (Phi) is 6.43. The van der Waals surface area contributed by atoms with Gasteiger partial charge in [0.05, 0.1) is 25.9 Å². The highest BCUT2D eigenvalue weighted by atomic mass is 16.5. The molecular weight excluding hydrogens is 218 g/mol. The smallest absolute Gasteiger partial charge is 0.121 e. The van der Waals surface area contributed by atoms with Crippen molar-refractivity contribution in [3.8, 4) is 5.75 Å². The molecule has 4 nitrogen and oxygen atoms in total. The van der Waals surface area contributed by atoms with Crippen molar-refractivity contribution in [1.82, 2.24) is 0 Å². The van der Waals surface area contributed by atoms with Gasteiger partial charge in [0.1, 0.15) is 12.4 Å². The van der Waals surface area contributed by atoms with Crippen molar-refractivity contribution in [3.63, 3.8) is 0 Å².